The first-order chi connectivity index (χ1) is 8.76. The Morgan fingerprint density at radius 3 is 2.83 bits per heavy atom. The molecule has 0 saturated heterocycles. The van der Waals surface area contributed by atoms with Gasteiger partial charge in [0.05, 0.1) is 0 Å². The van der Waals surface area contributed by atoms with Crippen molar-refractivity contribution in [2.24, 2.45) is 0 Å². The van der Waals surface area contributed by atoms with Crippen LogP contribution in [0.15, 0.2) is 12.7 Å². The molecule has 0 aliphatic carbocycles. The molecule has 0 unspecified atom stereocenters. The smallest absolute Gasteiger partial charge is 0.243 e. The monoisotopic (exact) mass is 248 g/mol. The van der Waals surface area contributed by atoms with E-state index in [4.69, 9.17) is 0 Å². The van der Waals surface area contributed by atoms with Crippen LogP contribution in [0.4, 0.5) is 4.79 Å². The standard InChI is InChI=1S/C11H16N6O/c1-3-5-6-10-14-9(4-2)15-17(10)11(18)16-8-12-7-13-16/h7-8H,3-6H2,1-2H3. The summed E-state index contributed by atoms with van der Waals surface area (Å²) in [6, 6.07) is -0.342. The molecule has 2 aromatic rings. The average Bonchev–Trinajstić information content (AvgIpc) is 3.04. The Kier molecular flexibility index (Phi) is 3.81. The van der Waals surface area contributed by atoms with E-state index in [1.165, 1.54) is 17.3 Å². The number of rotatable bonds is 4. The van der Waals surface area contributed by atoms with Gasteiger partial charge in [-0.15, -0.1) is 5.10 Å². The summed E-state index contributed by atoms with van der Waals surface area (Å²) in [6.07, 6.45) is 6.15. The molecule has 2 aromatic heterocycles. The summed E-state index contributed by atoms with van der Waals surface area (Å²) < 4.78 is 2.48. The number of nitrogens with zero attached hydrogens (tertiary/aromatic N) is 6. The van der Waals surface area contributed by atoms with Crippen LogP contribution >= 0.6 is 0 Å². The molecule has 0 saturated carbocycles. The number of hydrogen-bond donors (Lipinski definition) is 0. The first-order valence-electron chi connectivity index (χ1n) is 6.10. The van der Waals surface area contributed by atoms with Crippen molar-refractivity contribution in [3.63, 3.8) is 0 Å². The Morgan fingerprint density at radius 2 is 2.22 bits per heavy atom. The first kappa shape index (κ1) is 12.4. The average molecular weight is 248 g/mol. The van der Waals surface area contributed by atoms with Gasteiger partial charge in [0.2, 0.25) is 0 Å². The van der Waals surface area contributed by atoms with Crippen LogP contribution in [0.1, 0.15) is 38.3 Å². The highest BCUT2D eigenvalue weighted by atomic mass is 16.2. The van der Waals surface area contributed by atoms with Crippen LogP contribution in [0, 0.1) is 0 Å². The van der Waals surface area contributed by atoms with Gasteiger partial charge in [-0.25, -0.2) is 14.8 Å². The molecule has 0 atom stereocenters. The minimum absolute atomic E-state index is 0.342. The summed E-state index contributed by atoms with van der Waals surface area (Å²) in [5.41, 5.74) is 0. The van der Waals surface area contributed by atoms with Gasteiger partial charge in [-0.1, -0.05) is 20.3 Å². The van der Waals surface area contributed by atoms with Crippen LogP contribution in [0.2, 0.25) is 0 Å². The number of unbranched alkanes of at least 4 members (excludes halogenated alkanes) is 1. The SMILES string of the molecule is CCCCc1nc(CC)nn1C(=O)n1cncn1. The van der Waals surface area contributed by atoms with Crippen LogP contribution < -0.4 is 0 Å². The van der Waals surface area contributed by atoms with Crippen molar-refractivity contribution in [1.82, 2.24) is 29.5 Å². The predicted octanol–water partition coefficient (Wildman–Crippen LogP) is 1.29. The maximum absolute atomic E-state index is 12.1. The highest BCUT2D eigenvalue weighted by Gasteiger charge is 2.16. The molecular weight excluding hydrogens is 232 g/mol. The maximum Gasteiger partial charge on any atom is 0.372 e. The first-order valence-corrected chi connectivity index (χ1v) is 6.10. The molecule has 7 heteroatoms. The molecule has 0 aliphatic rings. The lowest BCUT2D eigenvalue weighted by Crippen LogP contribution is -2.23. The number of carbonyl (C=O) groups excluding carboxylic acids is 1. The molecule has 96 valence electrons. The fourth-order valence-corrected chi connectivity index (χ4v) is 1.60. The van der Waals surface area contributed by atoms with Crippen molar-refractivity contribution >= 4 is 6.03 Å². The molecular formula is C11H16N6O. The highest BCUT2D eigenvalue weighted by molar-refractivity contribution is 5.77. The van der Waals surface area contributed by atoms with E-state index in [9.17, 15) is 4.79 Å². The summed E-state index contributed by atoms with van der Waals surface area (Å²) >= 11 is 0. The Labute approximate surface area is 105 Å². The van der Waals surface area contributed by atoms with Gasteiger partial charge in [0, 0.05) is 12.8 Å². The van der Waals surface area contributed by atoms with Gasteiger partial charge in [0.1, 0.15) is 18.5 Å². The fraction of sp³-hybridized carbons (Fsp3) is 0.545. The molecule has 0 fully saturated rings. The van der Waals surface area contributed by atoms with Gasteiger partial charge < -0.3 is 0 Å². The second-order valence-electron chi connectivity index (χ2n) is 3.94. The second-order valence-corrected chi connectivity index (χ2v) is 3.94. The lowest BCUT2D eigenvalue weighted by atomic mass is 10.2. The van der Waals surface area contributed by atoms with E-state index in [1.807, 2.05) is 6.92 Å². The van der Waals surface area contributed by atoms with Crippen molar-refractivity contribution in [3.05, 3.63) is 24.3 Å². The molecule has 0 radical (unpaired) electrons. The molecule has 0 aromatic carbocycles. The van der Waals surface area contributed by atoms with Crippen LogP contribution in [0.5, 0.6) is 0 Å². The summed E-state index contributed by atoms with van der Waals surface area (Å²) in [5.74, 6) is 1.36. The third kappa shape index (κ3) is 2.44. The molecule has 2 heterocycles. The van der Waals surface area contributed by atoms with E-state index in [0.29, 0.717) is 18.1 Å². The zero-order valence-electron chi connectivity index (χ0n) is 10.6. The van der Waals surface area contributed by atoms with Gasteiger partial charge in [0.25, 0.3) is 0 Å². The maximum atomic E-state index is 12.1. The topological polar surface area (TPSA) is 78.5 Å². The van der Waals surface area contributed by atoms with Crippen molar-refractivity contribution in [3.8, 4) is 0 Å². The van der Waals surface area contributed by atoms with Crippen molar-refractivity contribution in [2.45, 2.75) is 39.5 Å². The van der Waals surface area contributed by atoms with Crippen LogP contribution in [-0.2, 0) is 12.8 Å². The van der Waals surface area contributed by atoms with Crippen LogP contribution in [0.3, 0.4) is 0 Å². The minimum atomic E-state index is -0.342. The van der Waals surface area contributed by atoms with E-state index in [0.717, 1.165) is 23.9 Å². The third-order valence-electron chi connectivity index (χ3n) is 2.58. The molecule has 0 N–H and O–H groups in total. The molecule has 2 rings (SSSR count). The Hall–Kier alpha value is -2.05. The Morgan fingerprint density at radius 1 is 1.39 bits per heavy atom. The van der Waals surface area contributed by atoms with E-state index >= 15 is 0 Å². The molecule has 0 aliphatic heterocycles. The van der Waals surface area contributed by atoms with E-state index in [1.54, 1.807) is 0 Å². The Bertz CT molecular complexity index is 516. The molecule has 0 spiro atoms. The number of hydrogen-bond acceptors (Lipinski definition) is 5. The van der Waals surface area contributed by atoms with Crippen molar-refractivity contribution < 1.29 is 4.79 Å². The van der Waals surface area contributed by atoms with Gasteiger partial charge in [0.15, 0.2) is 5.82 Å². The minimum Gasteiger partial charge on any atom is -0.243 e. The highest BCUT2D eigenvalue weighted by Crippen LogP contribution is 2.05. The lowest BCUT2D eigenvalue weighted by Gasteiger charge is -2.02. The van der Waals surface area contributed by atoms with Gasteiger partial charge in [-0.05, 0) is 6.42 Å². The van der Waals surface area contributed by atoms with E-state index < -0.39 is 0 Å². The lowest BCUT2D eigenvalue weighted by molar-refractivity contribution is 0.237. The van der Waals surface area contributed by atoms with Gasteiger partial charge in [-0.3, -0.25) is 0 Å². The second kappa shape index (κ2) is 5.52. The fourth-order valence-electron chi connectivity index (χ4n) is 1.60. The van der Waals surface area contributed by atoms with Crippen molar-refractivity contribution in [2.75, 3.05) is 0 Å². The zero-order chi connectivity index (χ0) is 13.0. The normalized spacial score (nSPS) is 10.8. The molecule has 0 bridgehead atoms. The number of aromatic nitrogens is 6. The molecule has 0 amide bonds. The van der Waals surface area contributed by atoms with Gasteiger partial charge in [-0.2, -0.15) is 14.5 Å². The summed E-state index contributed by atoms with van der Waals surface area (Å²) in [6.45, 7) is 4.06. The molecule has 7 nitrogen and oxygen atoms in total. The quantitative estimate of drug-likeness (QED) is 0.814. The largest absolute Gasteiger partial charge is 0.372 e. The summed E-state index contributed by atoms with van der Waals surface area (Å²) in [4.78, 5) is 20.3. The number of aryl methyl sites for hydroxylation is 2. The summed E-state index contributed by atoms with van der Waals surface area (Å²) in [5, 5.41) is 8.02. The van der Waals surface area contributed by atoms with E-state index in [-0.39, 0.29) is 6.03 Å². The Balaban J connectivity index is 2.30. The van der Waals surface area contributed by atoms with E-state index in [2.05, 4.69) is 27.1 Å². The predicted molar refractivity (Wildman–Crippen MR) is 64.2 cm³/mol. The molecule has 18 heavy (non-hydrogen) atoms. The van der Waals surface area contributed by atoms with Crippen LogP contribution in [-0.4, -0.2) is 35.6 Å². The zero-order valence-corrected chi connectivity index (χ0v) is 10.6. The third-order valence-corrected chi connectivity index (χ3v) is 2.58. The van der Waals surface area contributed by atoms with Crippen LogP contribution in [0.25, 0.3) is 0 Å². The number of carbonyl (C=O) groups is 1. The van der Waals surface area contributed by atoms with Crippen molar-refractivity contribution in [1.29, 1.82) is 0 Å². The van der Waals surface area contributed by atoms with Gasteiger partial charge >= 0.3 is 6.03 Å². The summed E-state index contributed by atoms with van der Waals surface area (Å²) in [7, 11) is 0.